The van der Waals surface area contributed by atoms with Crippen LogP contribution in [0, 0.1) is 6.92 Å². The van der Waals surface area contributed by atoms with Gasteiger partial charge in [-0.25, -0.2) is 4.98 Å². The van der Waals surface area contributed by atoms with E-state index in [1.165, 1.54) is 0 Å². The Morgan fingerprint density at radius 2 is 2.28 bits per heavy atom. The third-order valence-electron chi connectivity index (χ3n) is 2.66. The van der Waals surface area contributed by atoms with E-state index in [4.69, 9.17) is 4.74 Å². The van der Waals surface area contributed by atoms with Crippen molar-refractivity contribution in [3.05, 3.63) is 24.2 Å². The van der Waals surface area contributed by atoms with E-state index < -0.39 is 0 Å². The van der Waals surface area contributed by atoms with E-state index in [2.05, 4.69) is 22.3 Å². The average Bonchev–Trinajstić information content (AvgIpc) is 2.85. The van der Waals surface area contributed by atoms with Crippen LogP contribution < -0.4 is 5.32 Å². The van der Waals surface area contributed by atoms with E-state index in [0.29, 0.717) is 6.61 Å². The summed E-state index contributed by atoms with van der Waals surface area (Å²) >= 11 is 0. The lowest BCUT2D eigenvalue weighted by atomic mass is 10.4. The Morgan fingerprint density at radius 1 is 1.50 bits per heavy atom. The Kier molecular flexibility index (Phi) is 3.66. The van der Waals surface area contributed by atoms with Gasteiger partial charge in [0.25, 0.3) is 0 Å². The van der Waals surface area contributed by atoms with Crippen LogP contribution in [0.3, 0.4) is 0 Å². The second kappa shape index (κ2) is 5.22. The molecule has 0 aliphatic carbocycles. The highest BCUT2D eigenvalue weighted by Gasteiger charge is 2.12. The molecule has 0 saturated heterocycles. The molecule has 6 nitrogen and oxygen atoms in total. The standard InChI is InChI=1S/C12H19N5O/c1-9-7-17(11-5-6-13-16(11)3)12(14-9)15-10(2)8-18-4/h5-7,10H,8H2,1-4H3,(H,14,15). The summed E-state index contributed by atoms with van der Waals surface area (Å²) in [5.41, 5.74) is 0.961. The SMILES string of the molecule is COCC(C)Nc1nc(C)cn1-c1ccnn1C. The molecule has 0 aromatic carbocycles. The molecular weight excluding hydrogens is 230 g/mol. The fourth-order valence-corrected chi connectivity index (χ4v) is 1.89. The molecule has 2 rings (SSSR count). The molecule has 2 heterocycles. The molecule has 0 aliphatic heterocycles. The van der Waals surface area contributed by atoms with Crippen LogP contribution >= 0.6 is 0 Å². The van der Waals surface area contributed by atoms with Gasteiger partial charge in [0.15, 0.2) is 0 Å². The maximum absolute atomic E-state index is 5.12. The third kappa shape index (κ3) is 2.53. The van der Waals surface area contributed by atoms with Crippen molar-refractivity contribution in [2.24, 2.45) is 7.05 Å². The Balaban J connectivity index is 2.29. The molecule has 1 unspecified atom stereocenters. The summed E-state index contributed by atoms with van der Waals surface area (Å²) in [5.74, 6) is 1.78. The summed E-state index contributed by atoms with van der Waals surface area (Å²) in [5, 5.41) is 7.51. The van der Waals surface area contributed by atoms with Crippen molar-refractivity contribution in [3.8, 4) is 5.82 Å². The molecule has 1 atom stereocenters. The molecule has 2 aromatic rings. The Bertz CT molecular complexity index is 516. The average molecular weight is 249 g/mol. The summed E-state index contributed by atoms with van der Waals surface area (Å²) in [6.07, 6.45) is 3.76. The molecule has 0 saturated carbocycles. The fraction of sp³-hybridized carbons (Fsp3) is 0.500. The molecule has 0 spiro atoms. The first-order chi connectivity index (χ1) is 8.61. The smallest absolute Gasteiger partial charge is 0.209 e. The number of nitrogens with zero attached hydrogens (tertiary/aromatic N) is 4. The zero-order chi connectivity index (χ0) is 13.1. The van der Waals surface area contributed by atoms with Crippen LogP contribution in [0.25, 0.3) is 5.82 Å². The third-order valence-corrected chi connectivity index (χ3v) is 2.66. The first-order valence-electron chi connectivity index (χ1n) is 5.91. The van der Waals surface area contributed by atoms with Gasteiger partial charge in [0.1, 0.15) is 5.82 Å². The lowest BCUT2D eigenvalue weighted by Gasteiger charge is -2.15. The number of methoxy groups -OCH3 is 1. The number of anilines is 1. The van der Waals surface area contributed by atoms with Crippen LogP contribution in [0.15, 0.2) is 18.5 Å². The minimum atomic E-state index is 0.198. The molecule has 0 bridgehead atoms. The van der Waals surface area contributed by atoms with Crippen molar-refractivity contribution in [1.82, 2.24) is 19.3 Å². The van der Waals surface area contributed by atoms with Crippen molar-refractivity contribution in [1.29, 1.82) is 0 Å². The highest BCUT2D eigenvalue weighted by molar-refractivity contribution is 5.39. The second-order valence-electron chi connectivity index (χ2n) is 4.39. The molecule has 1 N–H and O–H groups in total. The molecule has 0 fully saturated rings. The van der Waals surface area contributed by atoms with Crippen molar-refractivity contribution >= 4 is 5.95 Å². The monoisotopic (exact) mass is 249 g/mol. The molecule has 6 heteroatoms. The van der Waals surface area contributed by atoms with Gasteiger partial charge in [-0.2, -0.15) is 5.10 Å². The van der Waals surface area contributed by atoms with Crippen LogP contribution in [-0.2, 0) is 11.8 Å². The first-order valence-corrected chi connectivity index (χ1v) is 5.91. The van der Waals surface area contributed by atoms with E-state index in [1.54, 1.807) is 13.3 Å². The molecular formula is C12H19N5O. The first kappa shape index (κ1) is 12.6. The number of imidazole rings is 1. The van der Waals surface area contributed by atoms with Crippen LogP contribution in [0.1, 0.15) is 12.6 Å². The highest BCUT2D eigenvalue weighted by Crippen LogP contribution is 2.16. The van der Waals surface area contributed by atoms with E-state index in [9.17, 15) is 0 Å². The molecule has 18 heavy (non-hydrogen) atoms. The van der Waals surface area contributed by atoms with E-state index >= 15 is 0 Å². The van der Waals surface area contributed by atoms with Gasteiger partial charge in [-0.05, 0) is 13.8 Å². The highest BCUT2D eigenvalue weighted by atomic mass is 16.5. The Morgan fingerprint density at radius 3 is 2.89 bits per heavy atom. The van der Waals surface area contributed by atoms with Gasteiger partial charge in [0.2, 0.25) is 5.95 Å². The summed E-state index contributed by atoms with van der Waals surface area (Å²) in [7, 11) is 3.60. The van der Waals surface area contributed by atoms with Gasteiger partial charge in [-0.3, -0.25) is 9.25 Å². The fourth-order valence-electron chi connectivity index (χ4n) is 1.89. The van der Waals surface area contributed by atoms with Gasteiger partial charge in [-0.15, -0.1) is 0 Å². The number of ether oxygens (including phenoxy) is 1. The Hall–Kier alpha value is -1.82. The van der Waals surface area contributed by atoms with Crippen LogP contribution in [0.5, 0.6) is 0 Å². The molecule has 98 valence electrons. The summed E-state index contributed by atoms with van der Waals surface area (Å²) in [4.78, 5) is 4.49. The molecule has 2 aromatic heterocycles. The zero-order valence-corrected chi connectivity index (χ0v) is 11.2. The second-order valence-corrected chi connectivity index (χ2v) is 4.39. The number of nitrogens with one attached hydrogen (secondary N) is 1. The van der Waals surface area contributed by atoms with Crippen LogP contribution in [-0.4, -0.2) is 39.1 Å². The van der Waals surface area contributed by atoms with Crippen LogP contribution in [0.4, 0.5) is 5.95 Å². The van der Waals surface area contributed by atoms with E-state index in [1.807, 2.05) is 35.5 Å². The Labute approximate surface area is 107 Å². The maximum Gasteiger partial charge on any atom is 0.209 e. The molecule has 0 amide bonds. The number of hydrogen-bond acceptors (Lipinski definition) is 4. The number of hydrogen-bond donors (Lipinski definition) is 1. The van der Waals surface area contributed by atoms with Gasteiger partial charge >= 0.3 is 0 Å². The van der Waals surface area contributed by atoms with Crippen molar-refractivity contribution in [2.75, 3.05) is 19.0 Å². The van der Waals surface area contributed by atoms with E-state index in [-0.39, 0.29) is 6.04 Å². The number of rotatable bonds is 5. The van der Waals surface area contributed by atoms with Crippen molar-refractivity contribution in [3.63, 3.8) is 0 Å². The number of aromatic nitrogens is 4. The largest absolute Gasteiger partial charge is 0.383 e. The minimum absolute atomic E-state index is 0.198. The molecule has 0 radical (unpaired) electrons. The maximum atomic E-state index is 5.12. The lowest BCUT2D eigenvalue weighted by Crippen LogP contribution is -2.23. The van der Waals surface area contributed by atoms with E-state index in [0.717, 1.165) is 17.5 Å². The minimum Gasteiger partial charge on any atom is -0.383 e. The summed E-state index contributed by atoms with van der Waals surface area (Å²) in [6, 6.07) is 2.15. The lowest BCUT2D eigenvalue weighted by molar-refractivity contribution is 0.190. The molecule has 0 aliphatic rings. The summed E-state index contributed by atoms with van der Waals surface area (Å²) in [6.45, 7) is 4.66. The van der Waals surface area contributed by atoms with Gasteiger partial charge < -0.3 is 10.1 Å². The predicted octanol–water partition coefficient (Wildman–Crippen LogP) is 1.36. The normalized spacial score (nSPS) is 12.7. The topological polar surface area (TPSA) is 56.9 Å². The van der Waals surface area contributed by atoms with Crippen molar-refractivity contribution < 1.29 is 4.74 Å². The zero-order valence-electron chi connectivity index (χ0n) is 11.2. The van der Waals surface area contributed by atoms with Gasteiger partial charge in [0, 0.05) is 32.5 Å². The van der Waals surface area contributed by atoms with Gasteiger partial charge in [-0.1, -0.05) is 0 Å². The predicted molar refractivity (Wildman–Crippen MR) is 70.0 cm³/mol. The van der Waals surface area contributed by atoms with Crippen LogP contribution in [0.2, 0.25) is 0 Å². The van der Waals surface area contributed by atoms with Crippen molar-refractivity contribution in [2.45, 2.75) is 19.9 Å². The van der Waals surface area contributed by atoms with Gasteiger partial charge in [0.05, 0.1) is 18.5 Å². The quantitative estimate of drug-likeness (QED) is 0.869. The summed E-state index contributed by atoms with van der Waals surface area (Å²) < 4.78 is 8.93. The number of aryl methyl sites for hydroxylation is 2.